The number of hydrogen-bond acceptors (Lipinski definition) is 3. The zero-order valence-electron chi connectivity index (χ0n) is 6.07. The fraction of sp³-hybridized carbons (Fsp3) is 0.400. The van der Waals surface area contributed by atoms with Crippen LogP contribution in [-0.4, -0.2) is 14.7 Å². The van der Waals surface area contributed by atoms with E-state index in [2.05, 4.69) is 5.10 Å². The molecule has 0 aliphatic carbocycles. The molecule has 0 aromatic carbocycles. The highest BCUT2D eigenvalue weighted by molar-refractivity contribution is 5.33. The smallest absolute Gasteiger partial charge is 0.260 e. The second-order valence-corrected chi connectivity index (χ2v) is 2.10. The Balaban J connectivity index is 3.21. The minimum atomic E-state index is -2.88. The predicted octanol–water partition coefficient (Wildman–Crippen LogP) is 1.27. The number of halogens is 2. The van der Waals surface area contributed by atoms with Crippen molar-refractivity contribution in [2.24, 2.45) is 7.05 Å². The number of rotatable bonds is 2. The summed E-state index contributed by atoms with van der Waals surface area (Å²) in [5, 5.41) is 13.5. The number of aromatic nitrogens is 2. The molecule has 0 aliphatic heterocycles. The van der Waals surface area contributed by atoms with E-state index in [1.165, 1.54) is 7.05 Å². The monoisotopic (exact) mass is 177 g/mol. The van der Waals surface area contributed by atoms with Gasteiger partial charge in [0.25, 0.3) is 6.43 Å². The largest absolute Gasteiger partial charge is 0.316 e. The summed E-state index contributed by atoms with van der Waals surface area (Å²) in [4.78, 5) is 9.28. The molecule has 0 amide bonds. The fourth-order valence-corrected chi connectivity index (χ4v) is 0.829. The maximum atomic E-state index is 12.1. The van der Waals surface area contributed by atoms with Gasteiger partial charge in [-0.15, -0.1) is 0 Å². The van der Waals surface area contributed by atoms with Crippen molar-refractivity contribution in [2.45, 2.75) is 6.43 Å². The highest BCUT2D eigenvalue weighted by atomic mass is 19.3. The molecule has 0 unspecified atom stereocenters. The third-order valence-electron chi connectivity index (χ3n) is 1.37. The van der Waals surface area contributed by atoms with E-state index in [1.807, 2.05) is 0 Å². The zero-order valence-corrected chi connectivity index (χ0v) is 6.07. The van der Waals surface area contributed by atoms with E-state index < -0.39 is 22.7 Å². The van der Waals surface area contributed by atoms with Gasteiger partial charge in [0.1, 0.15) is 6.20 Å². The van der Waals surface area contributed by atoms with Crippen LogP contribution in [0.25, 0.3) is 0 Å². The van der Waals surface area contributed by atoms with Gasteiger partial charge >= 0.3 is 5.69 Å². The highest BCUT2D eigenvalue weighted by Gasteiger charge is 2.26. The summed E-state index contributed by atoms with van der Waals surface area (Å²) in [5.41, 5.74) is -1.31. The van der Waals surface area contributed by atoms with Crippen LogP contribution in [0.15, 0.2) is 6.20 Å². The molecule has 66 valence electrons. The van der Waals surface area contributed by atoms with Crippen molar-refractivity contribution in [1.82, 2.24) is 9.78 Å². The number of alkyl halides is 2. The van der Waals surface area contributed by atoms with Gasteiger partial charge in [-0.2, -0.15) is 5.10 Å². The molecular weight excluding hydrogens is 172 g/mol. The summed E-state index contributed by atoms with van der Waals surface area (Å²) in [6.45, 7) is 0. The number of nitro groups is 1. The van der Waals surface area contributed by atoms with Crippen molar-refractivity contribution in [3.05, 3.63) is 22.0 Å². The summed E-state index contributed by atoms with van der Waals surface area (Å²) in [5.74, 6) is 0. The van der Waals surface area contributed by atoms with Gasteiger partial charge in [0, 0.05) is 7.05 Å². The standard InChI is InChI=1S/C5H5F2N3O2/c1-9-4(5(6)7)3(2-8-9)10(11)12/h2,5H,1H3. The fourth-order valence-electron chi connectivity index (χ4n) is 0.829. The van der Waals surface area contributed by atoms with Crippen LogP contribution in [-0.2, 0) is 7.05 Å². The molecule has 0 saturated carbocycles. The van der Waals surface area contributed by atoms with Gasteiger partial charge in [-0.05, 0) is 0 Å². The summed E-state index contributed by atoms with van der Waals surface area (Å²) in [6, 6.07) is 0. The quantitative estimate of drug-likeness (QED) is 0.504. The first-order valence-electron chi connectivity index (χ1n) is 2.98. The molecule has 0 saturated heterocycles. The first kappa shape index (κ1) is 8.57. The Kier molecular flexibility index (Phi) is 2.03. The van der Waals surface area contributed by atoms with Crippen molar-refractivity contribution >= 4 is 5.69 Å². The van der Waals surface area contributed by atoms with Gasteiger partial charge < -0.3 is 0 Å². The van der Waals surface area contributed by atoms with Crippen molar-refractivity contribution in [3.63, 3.8) is 0 Å². The SMILES string of the molecule is Cn1ncc([N+](=O)[O-])c1C(F)F. The van der Waals surface area contributed by atoms with Crippen LogP contribution >= 0.6 is 0 Å². The van der Waals surface area contributed by atoms with Crippen LogP contribution < -0.4 is 0 Å². The van der Waals surface area contributed by atoms with Crippen molar-refractivity contribution in [2.75, 3.05) is 0 Å². The average Bonchev–Trinajstić information content (AvgIpc) is 2.30. The summed E-state index contributed by atoms with van der Waals surface area (Å²) in [6.07, 6.45) is -2.07. The van der Waals surface area contributed by atoms with Crippen molar-refractivity contribution in [1.29, 1.82) is 0 Å². The van der Waals surface area contributed by atoms with Gasteiger partial charge in [0.15, 0.2) is 5.69 Å². The van der Waals surface area contributed by atoms with Gasteiger partial charge in [0.2, 0.25) is 0 Å². The van der Waals surface area contributed by atoms with Gasteiger partial charge in [-0.3, -0.25) is 14.8 Å². The van der Waals surface area contributed by atoms with Crippen LogP contribution in [0.5, 0.6) is 0 Å². The van der Waals surface area contributed by atoms with Crippen molar-refractivity contribution < 1.29 is 13.7 Å². The predicted molar refractivity (Wildman–Crippen MR) is 34.8 cm³/mol. The van der Waals surface area contributed by atoms with E-state index in [-0.39, 0.29) is 0 Å². The molecule has 1 aromatic heterocycles. The van der Waals surface area contributed by atoms with E-state index in [1.54, 1.807) is 0 Å². The molecular formula is C5H5F2N3O2. The normalized spacial score (nSPS) is 10.7. The number of aryl methyl sites for hydroxylation is 1. The molecule has 0 N–H and O–H groups in total. The topological polar surface area (TPSA) is 61.0 Å². The second kappa shape index (κ2) is 2.84. The molecule has 12 heavy (non-hydrogen) atoms. The first-order valence-corrected chi connectivity index (χ1v) is 2.98. The molecule has 1 rings (SSSR count). The van der Waals surface area contributed by atoms with Gasteiger partial charge in [0.05, 0.1) is 4.92 Å². The van der Waals surface area contributed by atoms with Crippen LogP contribution in [0.1, 0.15) is 12.1 Å². The van der Waals surface area contributed by atoms with E-state index in [9.17, 15) is 18.9 Å². The Morgan fingerprint density at radius 2 is 2.33 bits per heavy atom. The molecule has 0 radical (unpaired) electrons. The minimum absolute atomic E-state index is 0.646. The number of hydrogen-bond donors (Lipinski definition) is 0. The Morgan fingerprint density at radius 3 is 2.67 bits per heavy atom. The third-order valence-corrected chi connectivity index (χ3v) is 1.37. The lowest BCUT2D eigenvalue weighted by Crippen LogP contribution is -2.00. The molecule has 1 aromatic rings. The Labute approximate surface area is 65.8 Å². The molecule has 0 aliphatic rings. The van der Waals surface area contributed by atoms with Gasteiger partial charge in [-0.25, -0.2) is 8.78 Å². The second-order valence-electron chi connectivity index (χ2n) is 2.10. The first-order chi connectivity index (χ1) is 5.54. The lowest BCUT2D eigenvalue weighted by molar-refractivity contribution is -0.386. The molecule has 7 heteroatoms. The summed E-state index contributed by atoms with van der Waals surface area (Å²) in [7, 11) is 1.23. The Hall–Kier alpha value is -1.53. The Morgan fingerprint density at radius 1 is 1.75 bits per heavy atom. The molecule has 1 heterocycles. The molecule has 5 nitrogen and oxygen atoms in total. The molecule has 0 fully saturated rings. The highest BCUT2D eigenvalue weighted by Crippen LogP contribution is 2.27. The maximum absolute atomic E-state index is 12.1. The molecule has 0 spiro atoms. The van der Waals surface area contributed by atoms with Gasteiger partial charge in [-0.1, -0.05) is 0 Å². The third kappa shape index (κ3) is 1.25. The lowest BCUT2D eigenvalue weighted by Gasteiger charge is -1.97. The summed E-state index contributed by atoms with van der Waals surface area (Å²) < 4.78 is 25.0. The van der Waals surface area contributed by atoms with E-state index in [4.69, 9.17) is 0 Å². The number of nitrogens with zero attached hydrogens (tertiary/aromatic N) is 3. The van der Waals surface area contributed by atoms with E-state index in [0.717, 1.165) is 10.9 Å². The molecule has 0 atom stereocenters. The van der Waals surface area contributed by atoms with Crippen LogP contribution in [0.3, 0.4) is 0 Å². The average molecular weight is 177 g/mol. The van der Waals surface area contributed by atoms with E-state index >= 15 is 0 Å². The minimum Gasteiger partial charge on any atom is -0.260 e. The summed E-state index contributed by atoms with van der Waals surface area (Å²) >= 11 is 0. The van der Waals surface area contributed by atoms with Crippen molar-refractivity contribution in [3.8, 4) is 0 Å². The maximum Gasteiger partial charge on any atom is 0.316 e. The van der Waals surface area contributed by atoms with Crippen LogP contribution in [0.4, 0.5) is 14.5 Å². The van der Waals surface area contributed by atoms with Crippen LogP contribution in [0.2, 0.25) is 0 Å². The molecule has 0 bridgehead atoms. The zero-order chi connectivity index (χ0) is 9.30. The lowest BCUT2D eigenvalue weighted by atomic mass is 10.4. The van der Waals surface area contributed by atoms with E-state index in [0.29, 0.717) is 0 Å². The van der Waals surface area contributed by atoms with Crippen LogP contribution in [0, 0.1) is 10.1 Å². The Bertz CT molecular complexity index is 310.